The lowest BCUT2D eigenvalue weighted by Crippen LogP contribution is -2.55. The van der Waals surface area contributed by atoms with E-state index in [-0.39, 0.29) is 23.1 Å². The minimum absolute atomic E-state index is 0.0460. The number of likely N-dealkylation sites (N-methyl/N-ethyl adjacent to an activating group) is 2. The molecule has 2 aromatic rings. The zero-order valence-electron chi connectivity index (χ0n) is 18.3. The van der Waals surface area contributed by atoms with E-state index in [1.54, 1.807) is 36.4 Å². The summed E-state index contributed by atoms with van der Waals surface area (Å²) < 4.78 is 24.6. The summed E-state index contributed by atoms with van der Waals surface area (Å²) in [5, 5.41) is 0.224. The molecule has 8 heteroatoms. The van der Waals surface area contributed by atoms with Gasteiger partial charge in [-0.2, -0.15) is 0 Å². The molecule has 0 radical (unpaired) electrons. The zero-order valence-corrected chi connectivity index (χ0v) is 19.1. The second-order valence-corrected chi connectivity index (χ2v) is 7.36. The van der Waals surface area contributed by atoms with Crippen molar-refractivity contribution in [1.29, 1.82) is 0 Å². The van der Waals surface area contributed by atoms with E-state index in [9.17, 15) is 14.0 Å². The van der Waals surface area contributed by atoms with Crippen LogP contribution in [0.4, 0.5) is 4.39 Å². The fraction of sp³-hybridized carbons (Fsp3) is 0.292. The maximum atomic E-state index is 13.1. The molecule has 2 aromatic carbocycles. The molecule has 0 N–H and O–H groups in total. The van der Waals surface area contributed by atoms with Crippen molar-refractivity contribution in [2.24, 2.45) is 0 Å². The third-order valence-electron chi connectivity index (χ3n) is 4.93. The highest BCUT2D eigenvalue weighted by Gasteiger charge is 2.37. The van der Waals surface area contributed by atoms with Crippen LogP contribution in [0.1, 0.15) is 31.9 Å². The molecular formula is C24H25FN2O4S. The number of hydrogen-bond donors (Lipinski definition) is 0. The van der Waals surface area contributed by atoms with Gasteiger partial charge in [-0.3, -0.25) is 19.4 Å². The molecule has 32 heavy (non-hydrogen) atoms. The number of benzene rings is 2. The van der Waals surface area contributed by atoms with Crippen LogP contribution < -0.4 is 9.47 Å². The number of nitrogens with zero attached hydrogens (tertiary/aromatic N) is 2. The van der Waals surface area contributed by atoms with Gasteiger partial charge in [0.1, 0.15) is 18.0 Å². The number of hydrogen-bond acceptors (Lipinski definition) is 5. The Morgan fingerprint density at radius 1 is 0.906 bits per heavy atom. The molecule has 1 saturated heterocycles. The van der Waals surface area contributed by atoms with Gasteiger partial charge in [0, 0.05) is 13.1 Å². The van der Waals surface area contributed by atoms with Crippen LogP contribution in [0.25, 0.3) is 6.08 Å². The summed E-state index contributed by atoms with van der Waals surface area (Å²) in [5.41, 5.74) is 1.48. The summed E-state index contributed by atoms with van der Waals surface area (Å²) in [6.45, 7) is 6.87. The van der Waals surface area contributed by atoms with Crippen LogP contribution in [0.3, 0.4) is 0 Å². The fourth-order valence-corrected chi connectivity index (χ4v) is 3.72. The summed E-state index contributed by atoms with van der Waals surface area (Å²) in [7, 11) is 0. The van der Waals surface area contributed by atoms with Crippen LogP contribution in [0.2, 0.25) is 0 Å². The molecule has 1 fully saturated rings. The minimum Gasteiger partial charge on any atom is -0.490 e. The van der Waals surface area contributed by atoms with Gasteiger partial charge in [0.2, 0.25) is 0 Å². The van der Waals surface area contributed by atoms with E-state index in [2.05, 4.69) is 0 Å². The lowest BCUT2D eigenvalue weighted by Gasteiger charge is -2.35. The molecule has 6 nitrogen and oxygen atoms in total. The number of thiocarbonyl (C=S) groups is 1. The lowest BCUT2D eigenvalue weighted by molar-refractivity contribution is -0.133. The van der Waals surface area contributed by atoms with Crippen molar-refractivity contribution in [2.75, 3.05) is 19.7 Å². The maximum Gasteiger partial charge on any atom is 0.265 e. The molecule has 1 aliphatic rings. The molecule has 3 rings (SSSR count). The van der Waals surface area contributed by atoms with Gasteiger partial charge in [-0.1, -0.05) is 18.2 Å². The third-order valence-corrected chi connectivity index (χ3v) is 5.37. The van der Waals surface area contributed by atoms with Gasteiger partial charge in [0.25, 0.3) is 11.8 Å². The number of rotatable bonds is 8. The van der Waals surface area contributed by atoms with Crippen LogP contribution in [0, 0.1) is 5.82 Å². The SMILES string of the molecule is CCOc1cc(C=C2C(=O)N(CC)C(=S)N(CC)C2=O)ccc1OCc1ccc(F)cc1. The third kappa shape index (κ3) is 4.96. The Kier molecular flexibility index (Phi) is 7.58. The topological polar surface area (TPSA) is 59.1 Å². The van der Waals surface area contributed by atoms with Crippen molar-refractivity contribution >= 4 is 35.2 Å². The van der Waals surface area contributed by atoms with Gasteiger partial charge in [-0.25, -0.2) is 4.39 Å². The summed E-state index contributed by atoms with van der Waals surface area (Å²) in [6, 6.07) is 11.2. The molecule has 2 amide bonds. The second kappa shape index (κ2) is 10.4. The summed E-state index contributed by atoms with van der Waals surface area (Å²) in [6.07, 6.45) is 1.55. The first-order chi connectivity index (χ1) is 15.4. The van der Waals surface area contributed by atoms with Gasteiger partial charge in [0.15, 0.2) is 16.6 Å². The number of halogens is 1. The highest BCUT2D eigenvalue weighted by molar-refractivity contribution is 7.80. The Morgan fingerprint density at radius 2 is 1.53 bits per heavy atom. The first-order valence-electron chi connectivity index (χ1n) is 10.4. The van der Waals surface area contributed by atoms with Crippen molar-refractivity contribution in [3.8, 4) is 11.5 Å². The molecule has 1 aliphatic heterocycles. The Labute approximate surface area is 192 Å². The van der Waals surface area contributed by atoms with Crippen LogP contribution in [0.5, 0.6) is 11.5 Å². The van der Waals surface area contributed by atoms with Crippen LogP contribution in [0.15, 0.2) is 48.0 Å². The van der Waals surface area contributed by atoms with Gasteiger partial charge >= 0.3 is 0 Å². The number of carbonyl (C=O) groups excluding carboxylic acids is 2. The molecule has 0 atom stereocenters. The Hall–Kier alpha value is -3.26. The summed E-state index contributed by atoms with van der Waals surface area (Å²) >= 11 is 5.29. The summed E-state index contributed by atoms with van der Waals surface area (Å²) in [4.78, 5) is 28.5. The highest BCUT2D eigenvalue weighted by Crippen LogP contribution is 2.31. The quantitative estimate of drug-likeness (QED) is 0.339. The molecule has 0 spiro atoms. The number of carbonyl (C=O) groups is 2. The van der Waals surface area contributed by atoms with Gasteiger partial charge < -0.3 is 9.47 Å². The average Bonchev–Trinajstić information content (AvgIpc) is 2.78. The van der Waals surface area contributed by atoms with E-state index < -0.39 is 11.8 Å². The first-order valence-corrected chi connectivity index (χ1v) is 10.8. The fourth-order valence-electron chi connectivity index (χ4n) is 3.29. The molecule has 1 heterocycles. The first kappa shape index (κ1) is 23.4. The van der Waals surface area contributed by atoms with Crippen LogP contribution in [-0.4, -0.2) is 46.4 Å². The average molecular weight is 457 g/mol. The van der Waals surface area contributed by atoms with Gasteiger partial charge in [-0.05, 0) is 74.5 Å². The maximum absolute atomic E-state index is 13.1. The molecular weight excluding hydrogens is 431 g/mol. The van der Waals surface area contributed by atoms with Crippen molar-refractivity contribution in [3.63, 3.8) is 0 Å². The van der Waals surface area contributed by atoms with Crippen LogP contribution >= 0.6 is 12.2 Å². The smallest absolute Gasteiger partial charge is 0.265 e. The predicted molar refractivity (Wildman–Crippen MR) is 124 cm³/mol. The van der Waals surface area contributed by atoms with Gasteiger partial charge in [-0.15, -0.1) is 0 Å². The van der Waals surface area contributed by atoms with Gasteiger partial charge in [0.05, 0.1) is 6.61 Å². The molecule has 0 aliphatic carbocycles. The van der Waals surface area contributed by atoms with Crippen molar-refractivity contribution in [3.05, 3.63) is 65.0 Å². The normalized spacial score (nSPS) is 14.1. The Bertz CT molecular complexity index is 1020. The summed E-state index contributed by atoms with van der Waals surface area (Å²) in [5.74, 6) is -0.151. The lowest BCUT2D eigenvalue weighted by atomic mass is 10.1. The number of ether oxygens (including phenoxy) is 2. The molecule has 0 bridgehead atoms. The van der Waals surface area contributed by atoms with Crippen molar-refractivity contribution in [1.82, 2.24) is 9.80 Å². The second-order valence-electron chi connectivity index (χ2n) is 6.99. The van der Waals surface area contributed by atoms with E-state index in [0.29, 0.717) is 36.8 Å². The zero-order chi connectivity index (χ0) is 23.3. The predicted octanol–water partition coefficient (Wildman–Crippen LogP) is 4.18. The van der Waals surface area contributed by atoms with E-state index in [1.165, 1.54) is 21.9 Å². The molecule has 0 aromatic heterocycles. The standard InChI is InChI=1S/C24H25FN2O4S/c1-4-26-22(28)19(23(29)27(5-2)24(26)32)13-17-9-12-20(21(14-17)30-6-3)31-15-16-7-10-18(25)11-8-16/h7-14H,4-6,15H2,1-3H3. The molecule has 168 valence electrons. The van der Waals surface area contributed by atoms with E-state index in [1.807, 2.05) is 20.8 Å². The van der Waals surface area contributed by atoms with E-state index >= 15 is 0 Å². The van der Waals surface area contributed by atoms with Crippen molar-refractivity contribution < 1.29 is 23.5 Å². The Morgan fingerprint density at radius 3 is 2.09 bits per heavy atom. The van der Waals surface area contributed by atoms with Crippen LogP contribution in [-0.2, 0) is 16.2 Å². The monoisotopic (exact) mass is 456 g/mol. The van der Waals surface area contributed by atoms with E-state index in [0.717, 1.165) is 5.56 Å². The highest BCUT2D eigenvalue weighted by atomic mass is 32.1. The minimum atomic E-state index is -0.415. The Balaban J connectivity index is 1.88. The molecule has 0 unspecified atom stereocenters. The number of amides is 2. The molecule has 0 saturated carbocycles. The van der Waals surface area contributed by atoms with E-state index in [4.69, 9.17) is 21.7 Å². The van der Waals surface area contributed by atoms with Crippen molar-refractivity contribution in [2.45, 2.75) is 27.4 Å². The largest absolute Gasteiger partial charge is 0.490 e.